The van der Waals surface area contributed by atoms with Crippen molar-refractivity contribution in [3.8, 4) is 11.1 Å². The highest BCUT2D eigenvalue weighted by Gasteiger charge is 2.22. The van der Waals surface area contributed by atoms with Crippen molar-refractivity contribution in [2.45, 2.75) is 13.0 Å². The molecule has 5 heteroatoms. The van der Waals surface area contributed by atoms with Gasteiger partial charge in [0.25, 0.3) is 0 Å². The number of para-hydroxylation sites is 1. The number of thiophene rings is 1. The van der Waals surface area contributed by atoms with E-state index in [2.05, 4.69) is 58.1 Å². The first-order chi connectivity index (χ1) is 15.2. The first-order valence-electron chi connectivity index (χ1n) is 10.5. The predicted molar refractivity (Wildman–Crippen MR) is 129 cm³/mol. The number of H-pyrrole nitrogens is 1. The highest BCUT2D eigenvalue weighted by Crippen LogP contribution is 2.31. The molecule has 0 spiro atoms. The predicted octanol–water partition coefficient (Wildman–Crippen LogP) is 6.64. The van der Waals surface area contributed by atoms with Crippen LogP contribution in [0.15, 0.2) is 78.3 Å². The van der Waals surface area contributed by atoms with E-state index in [0.29, 0.717) is 13.1 Å². The number of benzene rings is 3. The third kappa shape index (κ3) is 3.27. The summed E-state index contributed by atoms with van der Waals surface area (Å²) in [7, 11) is 0. The lowest BCUT2D eigenvalue weighted by molar-refractivity contribution is 0.206. The number of rotatable bonds is 2. The molecule has 152 valence electrons. The Morgan fingerprint density at radius 3 is 2.81 bits per heavy atom. The van der Waals surface area contributed by atoms with Crippen molar-refractivity contribution in [3.63, 3.8) is 0 Å². The molecule has 0 unspecified atom stereocenters. The number of anilines is 1. The summed E-state index contributed by atoms with van der Waals surface area (Å²) in [6.45, 7) is 1.35. The second kappa shape index (κ2) is 7.29. The quantitative estimate of drug-likeness (QED) is 0.328. The molecule has 31 heavy (non-hydrogen) atoms. The topological polar surface area (TPSA) is 48.1 Å². The van der Waals surface area contributed by atoms with Gasteiger partial charge in [0.05, 0.1) is 5.69 Å². The Morgan fingerprint density at radius 2 is 1.84 bits per heavy atom. The van der Waals surface area contributed by atoms with Crippen molar-refractivity contribution < 1.29 is 4.79 Å². The van der Waals surface area contributed by atoms with Gasteiger partial charge in [0.15, 0.2) is 0 Å². The zero-order valence-corrected chi connectivity index (χ0v) is 17.7. The lowest BCUT2D eigenvalue weighted by atomic mass is 9.94. The van der Waals surface area contributed by atoms with Crippen LogP contribution in [-0.2, 0) is 13.0 Å². The zero-order chi connectivity index (χ0) is 20.8. The van der Waals surface area contributed by atoms with Gasteiger partial charge in [0.1, 0.15) is 0 Å². The second-order valence-electron chi connectivity index (χ2n) is 8.01. The first kappa shape index (κ1) is 18.2. The van der Waals surface area contributed by atoms with Crippen LogP contribution in [0.3, 0.4) is 0 Å². The largest absolute Gasteiger partial charge is 0.359 e. The van der Waals surface area contributed by atoms with Gasteiger partial charge in [-0.15, -0.1) is 11.3 Å². The fourth-order valence-corrected chi connectivity index (χ4v) is 5.24. The molecule has 0 atom stereocenters. The molecule has 0 saturated carbocycles. The number of hydrogen-bond acceptors (Lipinski definition) is 2. The Balaban J connectivity index is 1.21. The van der Waals surface area contributed by atoms with Crippen LogP contribution in [0.5, 0.6) is 0 Å². The summed E-state index contributed by atoms with van der Waals surface area (Å²) in [5.41, 5.74) is 6.89. The molecule has 5 aromatic rings. The smallest absolute Gasteiger partial charge is 0.322 e. The molecular weight excluding hydrogens is 402 g/mol. The van der Waals surface area contributed by atoms with Crippen LogP contribution >= 0.6 is 11.3 Å². The van der Waals surface area contributed by atoms with Crippen LogP contribution in [0.2, 0.25) is 0 Å². The highest BCUT2D eigenvalue weighted by molar-refractivity contribution is 7.17. The normalized spacial score (nSPS) is 13.5. The van der Waals surface area contributed by atoms with Gasteiger partial charge >= 0.3 is 6.03 Å². The molecular formula is C26H21N3OS. The lowest BCUT2D eigenvalue weighted by Gasteiger charge is -2.29. The van der Waals surface area contributed by atoms with Crippen molar-refractivity contribution in [2.75, 3.05) is 11.9 Å². The van der Waals surface area contributed by atoms with Gasteiger partial charge in [-0.05, 0) is 57.6 Å². The second-order valence-corrected chi connectivity index (χ2v) is 8.95. The summed E-state index contributed by atoms with van der Waals surface area (Å²) >= 11 is 1.78. The lowest BCUT2D eigenvalue weighted by Crippen LogP contribution is -2.38. The molecule has 0 aliphatic carbocycles. The standard InChI is InChI=1S/C26H21N3OS/c30-26(28-24-15-27-23-4-2-1-3-22(23)24)29-11-9-20-13-18(7-8-21(20)16-29)19-6-5-17-10-12-31-25(17)14-19/h1-8,10,12-15,27H,9,11,16H2,(H,28,30). The minimum atomic E-state index is -0.0531. The summed E-state index contributed by atoms with van der Waals surface area (Å²) in [6.07, 6.45) is 2.73. The maximum atomic E-state index is 12.9. The van der Waals surface area contributed by atoms with Crippen molar-refractivity contribution >= 4 is 44.0 Å². The van der Waals surface area contributed by atoms with Gasteiger partial charge < -0.3 is 15.2 Å². The average Bonchev–Trinajstić information content (AvgIpc) is 3.45. The summed E-state index contributed by atoms with van der Waals surface area (Å²) in [4.78, 5) is 18.0. The van der Waals surface area contributed by atoms with Crippen molar-refractivity contribution in [3.05, 3.63) is 89.4 Å². The third-order valence-corrected chi connectivity index (χ3v) is 7.01. The van der Waals surface area contributed by atoms with E-state index in [0.717, 1.165) is 23.0 Å². The van der Waals surface area contributed by atoms with Crippen molar-refractivity contribution in [1.29, 1.82) is 0 Å². The molecule has 2 aromatic heterocycles. The van der Waals surface area contributed by atoms with Crippen LogP contribution in [0.4, 0.5) is 10.5 Å². The van der Waals surface area contributed by atoms with Gasteiger partial charge in [0, 0.05) is 34.9 Å². The average molecular weight is 424 g/mol. The number of fused-ring (bicyclic) bond motifs is 3. The van der Waals surface area contributed by atoms with E-state index < -0.39 is 0 Å². The van der Waals surface area contributed by atoms with Gasteiger partial charge in [-0.2, -0.15) is 0 Å². The molecule has 0 bridgehead atoms. The number of amides is 2. The van der Waals surface area contributed by atoms with Crippen LogP contribution in [0, 0.1) is 0 Å². The van der Waals surface area contributed by atoms with E-state index in [1.165, 1.54) is 32.3 Å². The van der Waals surface area contributed by atoms with E-state index in [9.17, 15) is 4.79 Å². The van der Waals surface area contributed by atoms with Gasteiger partial charge in [-0.3, -0.25) is 0 Å². The molecule has 6 rings (SSSR count). The Kier molecular flexibility index (Phi) is 4.28. The SMILES string of the molecule is O=C(Nc1c[nH]c2ccccc12)N1CCc2cc(-c3ccc4ccsc4c3)ccc2C1. The Bertz CT molecular complexity index is 1430. The van der Waals surface area contributed by atoms with E-state index in [1.807, 2.05) is 35.4 Å². The number of nitrogens with one attached hydrogen (secondary N) is 2. The highest BCUT2D eigenvalue weighted by atomic mass is 32.1. The molecule has 0 radical (unpaired) electrons. The number of aromatic nitrogens is 1. The first-order valence-corrected chi connectivity index (χ1v) is 11.3. The Morgan fingerprint density at radius 1 is 0.968 bits per heavy atom. The van der Waals surface area contributed by atoms with E-state index in [-0.39, 0.29) is 6.03 Å². The Labute approximate surface area is 184 Å². The van der Waals surface area contributed by atoms with Crippen LogP contribution in [-0.4, -0.2) is 22.5 Å². The van der Waals surface area contributed by atoms with Crippen LogP contribution in [0.1, 0.15) is 11.1 Å². The molecule has 2 amide bonds. The number of carbonyl (C=O) groups is 1. The molecule has 3 heterocycles. The fraction of sp³-hybridized carbons (Fsp3) is 0.115. The maximum Gasteiger partial charge on any atom is 0.322 e. The molecule has 0 saturated heterocycles. The summed E-state index contributed by atoms with van der Waals surface area (Å²) in [5, 5.41) is 7.53. The summed E-state index contributed by atoms with van der Waals surface area (Å²) in [5.74, 6) is 0. The molecule has 4 nitrogen and oxygen atoms in total. The summed E-state index contributed by atoms with van der Waals surface area (Å²) in [6, 6.07) is 23.4. The van der Waals surface area contributed by atoms with E-state index in [4.69, 9.17) is 0 Å². The number of carbonyl (C=O) groups excluding carboxylic acids is 1. The number of nitrogens with zero attached hydrogens (tertiary/aromatic N) is 1. The van der Waals surface area contributed by atoms with Crippen molar-refractivity contribution in [2.24, 2.45) is 0 Å². The molecule has 1 aliphatic rings. The third-order valence-electron chi connectivity index (χ3n) is 6.13. The van der Waals surface area contributed by atoms with Gasteiger partial charge in [-0.25, -0.2) is 4.79 Å². The minimum absolute atomic E-state index is 0.0531. The number of urea groups is 1. The number of aromatic amines is 1. The molecule has 3 aromatic carbocycles. The maximum absolute atomic E-state index is 12.9. The zero-order valence-electron chi connectivity index (χ0n) is 16.9. The van der Waals surface area contributed by atoms with Gasteiger partial charge in [0.2, 0.25) is 0 Å². The molecule has 2 N–H and O–H groups in total. The van der Waals surface area contributed by atoms with E-state index in [1.54, 1.807) is 11.3 Å². The molecule has 0 fully saturated rings. The monoisotopic (exact) mass is 423 g/mol. The van der Waals surface area contributed by atoms with Crippen LogP contribution in [0.25, 0.3) is 32.1 Å². The van der Waals surface area contributed by atoms with E-state index >= 15 is 0 Å². The van der Waals surface area contributed by atoms with Gasteiger partial charge in [-0.1, -0.05) is 48.5 Å². The Hall–Kier alpha value is -3.57. The molecule has 1 aliphatic heterocycles. The number of hydrogen-bond donors (Lipinski definition) is 2. The summed E-state index contributed by atoms with van der Waals surface area (Å²) < 4.78 is 1.32. The fourth-order valence-electron chi connectivity index (χ4n) is 4.41. The van der Waals surface area contributed by atoms with Crippen LogP contribution < -0.4 is 5.32 Å². The minimum Gasteiger partial charge on any atom is -0.359 e. The van der Waals surface area contributed by atoms with Crippen molar-refractivity contribution in [1.82, 2.24) is 9.88 Å².